The summed E-state index contributed by atoms with van der Waals surface area (Å²) in [4.78, 5) is 2.10. The van der Waals surface area contributed by atoms with Crippen LogP contribution in [0.2, 0.25) is 0 Å². The minimum Gasteiger partial charge on any atom is -0.434 e. The van der Waals surface area contributed by atoms with Crippen LogP contribution in [0.5, 0.6) is 5.75 Å². The lowest BCUT2D eigenvalue weighted by molar-refractivity contribution is -0.0702. The van der Waals surface area contributed by atoms with Crippen LogP contribution in [-0.4, -0.2) is 56.8 Å². The van der Waals surface area contributed by atoms with Crippen molar-refractivity contribution in [3.8, 4) is 22.6 Å². The Morgan fingerprint density at radius 2 is 1.97 bits per heavy atom. The van der Waals surface area contributed by atoms with Crippen molar-refractivity contribution in [2.45, 2.75) is 38.5 Å². The first-order valence-electron chi connectivity index (χ1n) is 11.1. The van der Waals surface area contributed by atoms with Gasteiger partial charge in [-0.25, -0.2) is 4.68 Å². The summed E-state index contributed by atoms with van der Waals surface area (Å²) in [5.74, 6) is 0.0192. The summed E-state index contributed by atoms with van der Waals surface area (Å²) in [6.45, 7) is 0.149. The predicted molar refractivity (Wildman–Crippen MR) is 121 cm³/mol. The third-order valence-electron chi connectivity index (χ3n) is 6.32. The summed E-state index contributed by atoms with van der Waals surface area (Å²) < 4.78 is 32.9. The number of halogens is 2. The van der Waals surface area contributed by atoms with E-state index in [0.29, 0.717) is 24.3 Å². The van der Waals surface area contributed by atoms with E-state index in [9.17, 15) is 19.0 Å². The fourth-order valence-corrected chi connectivity index (χ4v) is 4.34. The van der Waals surface area contributed by atoms with Crippen LogP contribution < -0.4 is 4.74 Å². The van der Waals surface area contributed by atoms with Crippen LogP contribution in [0.3, 0.4) is 0 Å². The van der Waals surface area contributed by atoms with Gasteiger partial charge in [0.15, 0.2) is 0 Å². The van der Waals surface area contributed by atoms with E-state index in [2.05, 4.69) is 10.00 Å². The summed E-state index contributed by atoms with van der Waals surface area (Å²) in [5.41, 5.74) is 2.03. The Labute approximate surface area is 192 Å². The maximum absolute atomic E-state index is 13.2. The number of hydrogen-bond acceptors (Lipinski definition) is 5. The molecule has 0 radical (unpaired) electrons. The van der Waals surface area contributed by atoms with Gasteiger partial charge in [0.25, 0.3) is 0 Å². The number of benzene rings is 2. The van der Waals surface area contributed by atoms with Gasteiger partial charge in [0.05, 0.1) is 24.1 Å². The monoisotopic (exact) mass is 457 g/mol. The number of aromatic nitrogens is 2. The second-order valence-electron chi connectivity index (χ2n) is 8.80. The molecular weight excluding hydrogens is 428 g/mol. The van der Waals surface area contributed by atoms with E-state index in [0.717, 1.165) is 30.5 Å². The number of hydrogen-bond donors (Lipinski definition) is 2. The number of piperidine rings is 1. The molecule has 0 amide bonds. The van der Waals surface area contributed by atoms with Crippen molar-refractivity contribution in [2.24, 2.45) is 5.92 Å². The quantitative estimate of drug-likeness (QED) is 0.533. The lowest BCUT2D eigenvalue weighted by Crippen LogP contribution is -2.47. The molecule has 4 rings (SSSR count). The first-order chi connectivity index (χ1) is 15.9. The van der Waals surface area contributed by atoms with Gasteiger partial charge >= 0.3 is 6.61 Å². The van der Waals surface area contributed by atoms with Crippen molar-refractivity contribution in [3.05, 3.63) is 66.5 Å². The topological polar surface area (TPSA) is 70.8 Å². The first kappa shape index (κ1) is 23.4. The molecule has 8 heteroatoms. The highest BCUT2D eigenvalue weighted by Crippen LogP contribution is 2.31. The van der Waals surface area contributed by atoms with Crippen LogP contribution in [0.1, 0.15) is 25.3 Å². The first-order valence-corrected chi connectivity index (χ1v) is 11.1. The third-order valence-corrected chi connectivity index (χ3v) is 6.32. The smallest absolute Gasteiger partial charge is 0.387 e. The Morgan fingerprint density at radius 3 is 2.70 bits per heavy atom. The van der Waals surface area contributed by atoms with Gasteiger partial charge < -0.3 is 14.9 Å². The Kier molecular flexibility index (Phi) is 7.07. The Balaban J connectivity index is 1.55. The average Bonchev–Trinajstić information content (AvgIpc) is 3.31. The van der Waals surface area contributed by atoms with E-state index in [1.165, 1.54) is 0 Å². The van der Waals surface area contributed by atoms with Gasteiger partial charge in [0, 0.05) is 42.4 Å². The largest absolute Gasteiger partial charge is 0.434 e. The van der Waals surface area contributed by atoms with Gasteiger partial charge in [-0.2, -0.15) is 13.9 Å². The highest BCUT2D eigenvalue weighted by Gasteiger charge is 2.34. The zero-order chi connectivity index (χ0) is 23.4. The molecular formula is C25H29F2N3O3. The zero-order valence-electron chi connectivity index (χ0n) is 18.6. The lowest BCUT2D eigenvalue weighted by atomic mass is 9.83. The van der Waals surface area contributed by atoms with Crippen LogP contribution in [0, 0.1) is 5.92 Å². The highest BCUT2D eigenvalue weighted by molar-refractivity contribution is 5.62. The van der Waals surface area contributed by atoms with Crippen molar-refractivity contribution in [3.63, 3.8) is 0 Å². The molecule has 0 aliphatic carbocycles. The van der Waals surface area contributed by atoms with Crippen LogP contribution in [-0.2, 0) is 6.54 Å². The molecule has 2 atom stereocenters. The predicted octanol–water partition coefficient (Wildman–Crippen LogP) is 4.10. The molecule has 0 spiro atoms. The van der Waals surface area contributed by atoms with Crippen molar-refractivity contribution >= 4 is 0 Å². The van der Waals surface area contributed by atoms with Gasteiger partial charge in [-0.3, -0.25) is 4.90 Å². The van der Waals surface area contributed by atoms with E-state index in [1.807, 2.05) is 42.6 Å². The summed E-state index contributed by atoms with van der Waals surface area (Å²) in [5, 5.41) is 24.3. The van der Waals surface area contributed by atoms with Gasteiger partial charge in [-0.1, -0.05) is 36.4 Å². The second kappa shape index (κ2) is 9.99. The molecule has 176 valence electrons. The summed E-state index contributed by atoms with van der Waals surface area (Å²) >= 11 is 0. The maximum Gasteiger partial charge on any atom is 0.387 e. The van der Waals surface area contributed by atoms with E-state index >= 15 is 0 Å². The van der Waals surface area contributed by atoms with Gasteiger partial charge in [0.1, 0.15) is 5.75 Å². The number of alkyl halides is 2. The zero-order valence-corrected chi connectivity index (χ0v) is 18.6. The molecule has 3 aromatic rings. The molecule has 0 saturated carbocycles. The molecule has 0 unspecified atom stereocenters. The number of ether oxygens (including phenoxy) is 1. The summed E-state index contributed by atoms with van der Waals surface area (Å²) in [7, 11) is 0. The summed E-state index contributed by atoms with van der Waals surface area (Å²) in [6.07, 6.45) is 5.26. The van der Waals surface area contributed by atoms with Crippen LogP contribution >= 0.6 is 0 Å². The minimum absolute atomic E-state index is 0.0875. The molecule has 1 aromatic heterocycles. The molecule has 2 N–H and O–H groups in total. The van der Waals surface area contributed by atoms with E-state index in [-0.39, 0.29) is 18.3 Å². The SMILES string of the molecule is C[C@@](O)(CO)[C@H]1CCCN(Cc2ccc(-n3cc(-c4ccccc4)cn3)cc2OC(F)F)C1. The van der Waals surface area contributed by atoms with Crippen molar-refractivity contribution in [2.75, 3.05) is 19.7 Å². The number of likely N-dealkylation sites (tertiary alicyclic amines) is 1. The molecule has 33 heavy (non-hydrogen) atoms. The molecule has 0 bridgehead atoms. The van der Waals surface area contributed by atoms with E-state index in [1.54, 1.807) is 29.9 Å². The fraction of sp³-hybridized carbons (Fsp3) is 0.400. The average molecular weight is 458 g/mol. The molecule has 1 fully saturated rings. The fourth-order valence-electron chi connectivity index (χ4n) is 4.34. The second-order valence-corrected chi connectivity index (χ2v) is 8.80. The molecule has 2 aromatic carbocycles. The standard InChI is InChI=1S/C25H29F2N3O3/c1-25(32,17-31)21-8-5-11-29(16-21)14-19-9-10-22(12-23(19)33-24(26)27)30-15-20(13-28-30)18-6-3-2-4-7-18/h2-4,6-7,9-10,12-13,15,21,24,31-32H,5,8,11,14,16-17H2,1H3/t21-,25+/m0/s1. The molecule has 1 aliphatic heterocycles. The van der Waals surface area contributed by atoms with Gasteiger partial charge in [-0.15, -0.1) is 0 Å². The Morgan fingerprint density at radius 1 is 1.18 bits per heavy atom. The van der Waals surface area contributed by atoms with Gasteiger partial charge in [-0.05, 0) is 37.9 Å². The highest BCUT2D eigenvalue weighted by atomic mass is 19.3. The van der Waals surface area contributed by atoms with E-state index < -0.39 is 12.2 Å². The molecule has 1 aliphatic rings. The van der Waals surface area contributed by atoms with Crippen molar-refractivity contribution in [1.29, 1.82) is 0 Å². The van der Waals surface area contributed by atoms with Crippen LogP contribution in [0.25, 0.3) is 16.8 Å². The number of aliphatic hydroxyl groups excluding tert-OH is 1. The number of aliphatic hydroxyl groups is 2. The number of rotatable bonds is 8. The van der Waals surface area contributed by atoms with Crippen LogP contribution in [0.15, 0.2) is 60.9 Å². The summed E-state index contributed by atoms with van der Waals surface area (Å²) in [6, 6.07) is 15.0. The van der Waals surface area contributed by atoms with Crippen LogP contribution in [0.4, 0.5) is 8.78 Å². The Bertz CT molecular complexity index is 1060. The Hall–Kier alpha value is -2.81. The molecule has 6 nitrogen and oxygen atoms in total. The number of nitrogens with zero attached hydrogens (tertiary/aromatic N) is 3. The molecule has 1 saturated heterocycles. The maximum atomic E-state index is 13.2. The molecule has 2 heterocycles. The minimum atomic E-state index is -2.94. The van der Waals surface area contributed by atoms with Crippen molar-refractivity contribution < 1.29 is 23.7 Å². The van der Waals surface area contributed by atoms with Gasteiger partial charge in [0.2, 0.25) is 0 Å². The lowest BCUT2D eigenvalue weighted by Gasteiger charge is -2.39. The van der Waals surface area contributed by atoms with E-state index in [4.69, 9.17) is 4.74 Å². The third kappa shape index (κ3) is 5.58. The normalized spacial score (nSPS) is 18.9. The van der Waals surface area contributed by atoms with Crippen molar-refractivity contribution in [1.82, 2.24) is 14.7 Å².